The van der Waals surface area contributed by atoms with Gasteiger partial charge in [-0.2, -0.15) is 0 Å². The first-order chi connectivity index (χ1) is 6.95. The number of sulfonamides is 1. The maximum atomic E-state index is 11.0. The van der Waals surface area contributed by atoms with Crippen molar-refractivity contribution in [2.24, 2.45) is 10.9 Å². The predicted octanol–water partition coefficient (Wildman–Crippen LogP) is 0.529. The van der Waals surface area contributed by atoms with Crippen LogP contribution >= 0.6 is 0 Å². The first-order valence-corrected chi connectivity index (χ1v) is 6.24. The maximum absolute atomic E-state index is 11.0. The Kier molecular flexibility index (Phi) is 3.78. The average molecular weight is 229 g/mol. The number of rotatable bonds is 4. The van der Waals surface area contributed by atoms with Crippen molar-refractivity contribution in [1.82, 2.24) is 4.98 Å². The molecule has 1 unspecified atom stereocenters. The second-order valence-electron chi connectivity index (χ2n) is 3.37. The molecule has 0 amide bonds. The van der Waals surface area contributed by atoms with Crippen LogP contribution in [-0.4, -0.2) is 13.4 Å². The van der Waals surface area contributed by atoms with E-state index in [9.17, 15) is 8.42 Å². The van der Waals surface area contributed by atoms with Gasteiger partial charge in [-0.05, 0) is 24.1 Å². The molecule has 0 bridgehead atoms. The molecule has 0 saturated heterocycles. The third kappa shape index (κ3) is 3.26. The summed E-state index contributed by atoms with van der Waals surface area (Å²) in [5, 5.41) is 4.84. The maximum Gasteiger partial charge on any atom is 0.255 e. The summed E-state index contributed by atoms with van der Waals surface area (Å²) in [6.07, 6.45) is 3.15. The number of hydrogen-bond donors (Lipinski definition) is 2. The highest BCUT2D eigenvalue weighted by atomic mass is 32.2. The van der Waals surface area contributed by atoms with E-state index in [0.29, 0.717) is 0 Å². The molecule has 0 aliphatic carbocycles. The molecular weight excluding hydrogens is 214 g/mol. The van der Waals surface area contributed by atoms with Crippen LogP contribution in [0.5, 0.6) is 0 Å². The minimum atomic E-state index is -3.74. The van der Waals surface area contributed by atoms with Gasteiger partial charge in [-0.3, -0.25) is 0 Å². The van der Waals surface area contributed by atoms with Crippen molar-refractivity contribution in [3.63, 3.8) is 0 Å². The lowest BCUT2D eigenvalue weighted by Crippen LogP contribution is -2.16. The highest BCUT2D eigenvalue weighted by Gasteiger charge is 2.12. The summed E-state index contributed by atoms with van der Waals surface area (Å²) in [5.41, 5.74) is 6.60. The zero-order valence-corrected chi connectivity index (χ0v) is 9.37. The Morgan fingerprint density at radius 3 is 2.73 bits per heavy atom. The number of nitrogens with zero attached hydrogens (tertiary/aromatic N) is 1. The van der Waals surface area contributed by atoms with Gasteiger partial charge in [-0.25, -0.2) is 18.5 Å². The molecule has 15 heavy (non-hydrogen) atoms. The number of aromatic nitrogens is 1. The van der Waals surface area contributed by atoms with Gasteiger partial charge in [0.15, 0.2) is 5.03 Å². The molecule has 0 saturated carbocycles. The van der Waals surface area contributed by atoms with Crippen molar-refractivity contribution in [2.75, 3.05) is 0 Å². The van der Waals surface area contributed by atoms with Crippen LogP contribution in [0.4, 0.5) is 0 Å². The van der Waals surface area contributed by atoms with Gasteiger partial charge in [-0.1, -0.05) is 13.3 Å². The van der Waals surface area contributed by atoms with Gasteiger partial charge in [0.1, 0.15) is 0 Å². The molecule has 0 radical (unpaired) electrons. The van der Waals surface area contributed by atoms with Gasteiger partial charge >= 0.3 is 0 Å². The van der Waals surface area contributed by atoms with Crippen molar-refractivity contribution in [3.05, 3.63) is 23.9 Å². The Morgan fingerprint density at radius 2 is 2.20 bits per heavy atom. The van der Waals surface area contributed by atoms with Gasteiger partial charge in [0.25, 0.3) is 10.0 Å². The largest absolute Gasteiger partial charge is 0.324 e. The van der Waals surface area contributed by atoms with Gasteiger partial charge in [-0.15, -0.1) is 0 Å². The Bertz CT molecular complexity index is 431. The molecule has 1 aromatic heterocycles. The van der Waals surface area contributed by atoms with Crippen LogP contribution in [-0.2, 0) is 10.0 Å². The van der Waals surface area contributed by atoms with Gasteiger partial charge in [0.2, 0.25) is 0 Å². The van der Waals surface area contributed by atoms with E-state index in [1.807, 2.05) is 6.92 Å². The summed E-state index contributed by atoms with van der Waals surface area (Å²) in [5.74, 6) is 0. The number of hydrogen-bond acceptors (Lipinski definition) is 4. The minimum Gasteiger partial charge on any atom is -0.324 e. The molecule has 4 N–H and O–H groups in total. The summed E-state index contributed by atoms with van der Waals surface area (Å²) in [6, 6.07) is 2.96. The average Bonchev–Trinajstić information content (AvgIpc) is 2.17. The summed E-state index contributed by atoms with van der Waals surface area (Å²) in [7, 11) is -3.74. The lowest BCUT2D eigenvalue weighted by atomic mass is 10.1. The molecule has 1 atom stereocenters. The monoisotopic (exact) mass is 229 g/mol. The van der Waals surface area contributed by atoms with E-state index in [1.54, 1.807) is 6.07 Å². The van der Waals surface area contributed by atoms with Crippen LogP contribution < -0.4 is 10.9 Å². The first kappa shape index (κ1) is 12.1. The molecule has 1 rings (SSSR count). The Morgan fingerprint density at radius 1 is 1.53 bits per heavy atom. The molecule has 0 aromatic carbocycles. The zero-order valence-electron chi connectivity index (χ0n) is 8.55. The molecule has 5 nitrogen and oxygen atoms in total. The first-order valence-electron chi connectivity index (χ1n) is 4.69. The van der Waals surface area contributed by atoms with E-state index in [4.69, 9.17) is 10.9 Å². The minimum absolute atomic E-state index is 0.133. The van der Waals surface area contributed by atoms with Gasteiger partial charge < -0.3 is 5.73 Å². The molecule has 84 valence electrons. The Hall–Kier alpha value is -0.980. The summed E-state index contributed by atoms with van der Waals surface area (Å²) >= 11 is 0. The normalized spacial score (nSPS) is 13.8. The van der Waals surface area contributed by atoms with E-state index >= 15 is 0 Å². The second-order valence-corrected chi connectivity index (χ2v) is 4.88. The highest BCUT2D eigenvalue weighted by Crippen LogP contribution is 2.16. The van der Waals surface area contributed by atoms with Crippen molar-refractivity contribution in [1.29, 1.82) is 0 Å². The number of nitrogens with two attached hydrogens (primary N) is 2. The summed E-state index contributed by atoms with van der Waals surface area (Å²) in [6.45, 7) is 2.02. The third-order valence-corrected chi connectivity index (χ3v) is 2.88. The standard InChI is InChI=1S/C9H15N3O2S/c1-2-3-8(10)7-4-5-12-9(6-7)15(11,13)14/h4-6,8H,2-3,10H2,1H3,(H2,11,13,14). The lowest BCUT2D eigenvalue weighted by molar-refractivity contribution is 0.592. The smallest absolute Gasteiger partial charge is 0.255 e. The fourth-order valence-electron chi connectivity index (χ4n) is 1.29. The van der Waals surface area contributed by atoms with E-state index < -0.39 is 10.0 Å². The topological polar surface area (TPSA) is 99.1 Å². The SMILES string of the molecule is CCCC(N)c1ccnc(S(N)(=O)=O)c1. The third-order valence-electron chi connectivity index (χ3n) is 2.08. The molecule has 0 aliphatic rings. The van der Waals surface area contributed by atoms with Crippen LogP contribution in [0.1, 0.15) is 31.4 Å². The molecule has 0 aliphatic heterocycles. The van der Waals surface area contributed by atoms with Crippen LogP contribution in [0, 0.1) is 0 Å². The van der Waals surface area contributed by atoms with Crippen molar-refractivity contribution >= 4 is 10.0 Å². The van der Waals surface area contributed by atoms with E-state index in [2.05, 4.69) is 4.98 Å². The number of pyridine rings is 1. The van der Waals surface area contributed by atoms with Crippen molar-refractivity contribution in [2.45, 2.75) is 30.8 Å². The van der Waals surface area contributed by atoms with E-state index in [0.717, 1.165) is 18.4 Å². The van der Waals surface area contributed by atoms with E-state index in [1.165, 1.54) is 12.3 Å². The zero-order chi connectivity index (χ0) is 11.5. The Labute approximate surface area is 89.6 Å². The second kappa shape index (κ2) is 4.69. The van der Waals surface area contributed by atoms with Crippen LogP contribution in [0.2, 0.25) is 0 Å². The van der Waals surface area contributed by atoms with Gasteiger partial charge in [0, 0.05) is 12.2 Å². The highest BCUT2D eigenvalue weighted by molar-refractivity contribution is 7.89. The summed E-state index contributed by atoms with van der Waals surface area (Å²) < 4.78 is 22.1. The molecule has 0 spiro atoms. The molecule has 1 heterocycles. The fourth-order valence-corrected chi connectivity index (χ4v) is 1.80. The molecular formula is C9H15N3O2S. The predicted molar refractivity (Wildman–Crippen MR) is 57.4 cm³/mol. The van der Waals surface area contributed by atoms with Crippen LogP contribution in [0.25, 0.3) is 0 Å². The lowest BCUT2D eigenvalue weighted by Gasteiger charge is -2.10. The fraction of sp³-hybridized carbons (Fsp3) is 0.444. The molecule has 6 heteroatoms. The van der Waals surface area contributed by atoms with Crippen LogP contribution in [0.3, 0.4) is 0 Å². The molecule has 0 fully saturated rings. The Balaban J connectivity index is 3.03. The quantitative estimate of drug-likeness (QED) is 0.786. The van der Waals surface area contributed by atoms with Crippen molar-refractivity contribution in [3.8, 4) is 0 Å². The van der Waals surface area contributed by atoms with Crippen molar-refractivity contribution < 1.29 is 8.42 Å². The van der Waals surface area contributed by atoms with Gasteiger partial charge in [0.05, 0.1) is 0 Å². The molecule has 1 aromatic rings. The van der Waals surface area contributed by atoms with E-state index in [-0.39, 0.29) is 11.1 Å². The summed E-state index contributed by atoms with van der Waals surface area (Å²) in [4.78, 5) is 3.68. The number of primary sulfonamides is 1. The van der Waals surface area contributed by atoms with Crippen LogP contribution in [0.15, 0.2) is 23.4 Å².